The Balaban J connectivity index is 1.69. The predicted molar refractivity (Wildman–Crippen MR) is 75.0 cm³/mol. The molecule has 2 rings (SSSR count). The fourth-order valence-electron chi connectivity index (χ4n) is 2.16. The summed E-state index contributed by atoms with van der Waals surface area (Å²) < 4.78 is 0. The third-order valence-corrected chi connectivity index (χ3v) is 3.36. The summed E-state index contributed by atoms with van der Waals surface area (Å²) in [5, 5.41) is 2.56. The van der Waals surface area contributed by atoms with E-state index < -0.39 is 0 Å². The zero-order chi connectivity index (χ0) is 14.4. The summed E-state index contributed by atoms with van der Waals surface area (Å²) in [5.74, 6) is -0.599. The van der Waals surface area contributed by atoms with Gasteiger partial charge in [-0.05, 0) is 31.9 Å². The predicted octanol–water partition coefficient (Wildman–Crippen LogP) is 1.72. The second-order valence-electron chi connectivity index (χ2n) is 5.10. The lowest BCUT2D eigenvalue weighted by Crippen LogP contribution is -2.38. The topological polar surface area (TPSA) is 67.4 Å². The standard InChI is InChI=1S/C15H20N2O3/c1-11-6-8-12(9-7-11)15(19)16-10-14(18)17-20-13-4-2-3-5-13/h6-9,13H,2-5,10H2,1H3,(H,16,19)(H,17,18). The number of amides is 2. The molecule has 0 radical (unpaired) electrons. The molecule has 1 saturated carbocycles. The molecule has 20 heavy (non-hydrogen) atoms. The van der Waals surface area contributed by atoms with E-state index in [0.29, 0.717) is 5.56 Å². The molecule has 5 nitrogen and oxygen atoms in total. The highest BCUT2D eigenvalue weighted by molar-refractivity contribution is 5.96. The summed E-state index contributed by atoms with van der Waals surface area (Å²) in [6.45, 7) is 1.87. The van der Waals surface area contributed by atoms with E-state index in [1.807, 2.05) is 19.1 Å². The van der Waals surface area contributed by atoms with Crippen molar-refractivity contribution in [3.05, 3.63) is 35.4 Å². The third-order valence-electron chi connectivity index (χ3n) is 3.36. The van der Waals surface area contributed by atoms with Gasteiger partial charge in [-0.3, -0.25) is 14.4 Å². The molecule has 0 bridgehead atoms. The quantitative estimate of drug-likeness (QED) is 0.805. The molecule has 0 aliphatic heterocycles. The van der Waals surface area contributed by atoms with Crippen molar-refractivity contribution in [2.24, 2.45) is 0 Å². The molecule has 0 heterocycles. The summed E-state index contributed by atoms with van der Waals surface area (Å²) in [6, 6.07) is 7.19. The number of hydroxylamine groups is 1. The van der Waals surface area contributed by atoms with Gasteiger partial charge >= 0.3 is 0 Å². The molecule has 0 saturated heterocycles. The highest BCUT2D eigenvalue weighted by atomic mass is 16.7. The summed E-state index contributed by atoms with van der Waals surface area (Å²) >= 11 is 0. The van der Waals surface area contributed by atoms with E-state index in [-0.39, 0.29) is 24.5 Å². The van der Waals surface area contributed by atoms with Crippen molar-refractivity contribution in [1.82, 2.24) is 10.8 Å². The number of aryl methyl sites for hydroxylation is 1. The fourth-order valence-corrected chi connectivity index (χ4v) is 2.16. The number of rotatable bonds is 5. The Hall–Kier alpha value is -1.88. The Morgan fingerprint density at radius 2 is 1.85 bits per heavy atom. The molecule has 2 amide bonds. The maximum Gasteiger partial charge on any atom is 0.262 e. The first-order chi connectivity index (χ1) is 9.65. The van der Waals surface area contributed by atoms with Gasteiger partial charge in [0.05, 0.1) is 12.6 Å². The molecule has 108 valence electrons. The molecule has 1 aliphatic rings. The Kier molecular flexibility index (Phi) is 5.12. The smallest absolute Gasteiger partial charge is 0.262 e. The number of hydrogen-bond donors (Lipinski definition) is 2. The molecule has 1 fully saturated rings. The highest BCUT2D eigenvalue weighted by Gasteiger charge is 2.17. The lowest BCUT2D eigenvalue weighted by atomic mass is 10.1. The first-order valence-corrected chi connectivity index (χ1v) is 6.94. The van der Waals surface area contributed by atoms with Crippen molar-refractivity contribution < 1.29 is 14.4 Å². The van der Waals surface area contributed by atoms with E-state index in [4.69, 9.17) is 4.84 Å². The van der Waals surface area contributed by atoms with E-state index in [9.17, 15) is 9.59 Å². The SMILES string of the molecule is Cc1ccc(C(=O)NCC(=O)NOC2CCCC2)cc1. The van der Waals surface area contributed by atoms with Crippen LogP contribution in [0.3, 0.4) is 0 Å². The maximum absolute atomic E-state index is 11.8. The Labute approximate surface area is 118 Å². The second kappa shape index (κ2) is 7.05. The van der Waals surface area contributed by atoms with Crippen LogP contribution in [0, 0.1) is 6.92 Å². The van der Waals surface area contributed by atoms with Crippen molar-refractivity contribution >= 4 is 11.8 Å². The van der Waals surface area contributed by atoms with Crippen LogP contribution in [0.5, 0.6) is 0 Å². The van der Waals surface area contributed by atoms with E-state index >= 15 is 0 Å². The zero-order valence-corrected chi connectivity index (χ0v) is 11.6. The molecular weight excluding hydrogens is 256 g/mol. The number of carbonyl (C=O) groups excluding carboxylic acids is 2. The Morgan fingerprint density at radius 3 is 2.50 bits per heavy atom. The first-order valence-electron chi connectivity index (χ1n) is 6.94. The summed E-state index contributed by atoms with van der Waals surface area (Å²) in [4.78, 5) is 28.6. The van der Waals surface area contributed by atoms with Crippen LogP contribution in [-0.2, 0) is 9.63 Å². The molecule has 0 atom stereocenters. The van der Waals surface area contributed by atoms with Crippen molar-refractivity contribution in [3.63, 3.8) is 0 Å². The lowest BCUT2D eigenvalue weighted by Gasteiger charge is -2.11. The van der Waals surface area contributed by atoms with Gasteiger partial charge in [0, 0.05) is 5.56 Å². The normalized spacial score (nSPS) is 15.1. The highest BCUT2D eigenvalue weighted by Crippen LogP contribution is 2.19. The van der Waals surface area contributed by atoms with Gasteiger partial charge in [-0.2, -0.15) is 0 Å². The Bertz CT molecular complexity index is 465. The van der Waals surface area contributed by atoms with Gasteiger partial charge in [-0.15, -0.1) is 0 Å². The number of nitrogens with one attached hydrogen (secondary N) is 2. The lowest BCUT2D eigenvalue weighted by molar-refractivity contribution is -0.137. The molecule has 2 N–H and O–H groups in total. The fraction of sp³-hybridized carbons (Fsp3) is 0.467. The van der Waals surface area contributed by atoms with Crippen LogP contribution in [0.25, 0.3) is 0 Å². The van der Waals surface area contributed by atoms with Crippen LogP contribution < -0.4 is 10.8 Å². The van der Waals surface area contributed by atoms with Gasteiger partial charge in [0.2, 0.25) is 0 Å². The Morgan fingerprint density at radius 1 is 1.20 bits per heavy atom. The summed E-state index contributed by atoms with van der Waals surface area (Å²) in [7, 11) is 0. The van der Waals surface area contributed by atoms with Crippen LogP contribution >= 0.6 is 0 Å². The molecule has 5 heteroatoms. The van der Waals surface area contributed by atoms with Gasteiger partial charge in [0.1, 0.15) is 0 Å². The summed E-state index contributed by atoms with van der Waals surface area (Å²) in [6.07, 6.45) is 4.37. The van der Waals surface area contributed by atoms with Crippen molar-refractivity contribution in [1.29, 1.82) is 0 Å². The van der Waals surface area contributed by atoms with Crippen LogP contribution in [0.15, 0.2) is 24.3 Å². The number of carbonyl (C=O) groups is 2. The summed E-state index contributed by atoms with van der Waals surface area (Å²) in [5.41, 5.74) is 4.02. The van der Waals surface area contributed by atoms with E-state index in [1.54, 1.807) is 12.1 Å². The molecular formula is C15H20N2O3. The van der Waals surface area contributed by atoms with Crippen LogP contribution in [-0.4, -0.2) is 24.5 Å². The van der Waals surface area contributed by atoms with Crippen LogP contribution in [0.4, 0.5) is 0 Å². The van der Waals surface area contributed by atoms with Crippen LogP contribution in [0.2, 0.25) is 0 Å². The zero-order valence-electron chi connectivity index (χ0n) is 11.6. The minimum Gasteiger partial charge on any atom is -0.343 e. The molecule has 1 aromatic carbocycles. The average molecular weight is 276 g/mol. The monoisotopic (exact) mass is 276 g/mol. The molecule has 0 spiro atoms. The minimum atomic E-state index is -0.336. The maximum atomic E-state index is 11.8. The van der Waals surface area contributed by atoms with Gasteiger partial charge in [-0.25, -0.2) is 5.48 Å². The largest absolute Gasteiger partial charge is 0.343 e. The average Bonchev–Trinajstić information content (AvgIpc) is 2.96. The van der Waals surface area contributed by atoms with Gasteiger partial charge in [0.15, 0.2) is 0 Å². The molecule has 0 unspecified atom stereocenters. The minimum absolute atomic E-state index is 0.0839. The molecule has 1 aromatic rings. The third kappa shape index (κ3) is 4.35. The molecule has 0 aromatic heterocycles. The second-order valence-corrected chi connectivity index (χ2v) is 5.10. The van der Waals surface area contributed by atoms with E-state index in [0.717, 1.165) is 31.2 Å². The van der Waals surface area contributed by atoms with Crippen molar-refractivity contribution in [3.8, 4) is 0 Å². The van der Waals surface area contributed by atoms with Crippen molar-refractivity contribution in [2.45, 2.75) is 38.7 Å². The van der Waals surface area contributed by atoms with Gasteiger partial charge in [-0.1, -0.05) is 30.5 Å². The van der Waals surface area contributed by atoms with Crippen molar-refractivity contribution in [2.75, 3.05) is 6.54 Å². The van der Waals surface area contributed by atoms with Crippen LogP contribution in [0.1, 0.15) is 41.6 Å². The van der Waals surface area contributed by atoms with E-state index in [1.165, 1.54) is 0 Å². The number of hydrogen-bond acceptors (Lipinski definition) is 3. The number of benzene rings is 1. The van der Waals surface area contributed by atoms with E-state index in [2.05, 4.69) is 10.8 Å². The molecule has 1 aliphatic carbocycles. The first kappa shape index (κ1) is 14.5. The van der Waals surface area contributed by atoms with Gasteiger partial charge in [0.25, 0.3) is 11.8 Å². The van der Waals surface area contributed by atoms with Gasteiger partial charge < -0.3 is 5.32 Å².